The predicted molar refractivity (Wildman–Crippen MR) is 95.8 cm³/mol. The van der Waals surface area contributed by atoms with Crippen molar-refractivity contribution in [2.24, 2.45) is 0 Å². The van der Waals surface area contributed by atoms with Crippen LogP contribution < -0.4 is 4.90 Å². The average Bonchev–Trinajstić information content (AvgIpc) is 2.97. The van der Waals surface area contributed by atoms with Gasteiger partial charge in [-0.25, -0.2) is 0 Å². The molecule has 1 saturated heterocycles. The third kappa shape index (κ3) is 6.52. The van der Waals surface area contributed by atoms with Crippen LogP contribution in [-0.2, 0) is 25.5 Å². The fourth-order valence-corrected chi connectivity index (χ4v) is 2.22. The van der Waals surface area contributed by atoms with Crippen molar-refractivity contribution in [2.45, 2.75) is 59.8 Å². The van der Waals surface area contributed by atoms with E-state index in [0.29, 0.717) is 31.4 Å². The lowest BCUT2D eigenvalue weighted by Crippen LogP contribution is -2.28. The van der Waals surface area contributed by atoms with Crippen LogP contribution in [0.25, 0.3) is 0 Å². The van der Waals surface area contributed by atoms with Crippen LogP contribution in [0.3, 0.4) is 0 Å². The van der Waals surface area contributed by atoms with Gasteiger partial charge in [0.15, 0.2) is 0 Å². The van der Waals surface area contributed by atoms with Crippen LogP contribution in [0.1, 0.15) is 58.9 Å². The van der Waals surface area contributed by atoms with Gasteiger partial charge in [-0.05, 0) is 30.5 Å². The maximum Gasteiger partial charge on any atom is 0.305 e. The van der Waals surface area contributed by atoms with Gasteiger partial charge in [0.05, 0.1) is 12.8 Å². The molecule has 2 rings (SSSR count). The number of esters is 1. The van der Waals surface area contributed by atoms with E-state index >= 15 is 0 Å². The fourth-order valence-electron chi connectivity index (χ4n) is 2.22. The van der Waals surface area contributed by atoms with Crippen molar-refractivity contribution in [1.82, 2.24) is 0 Å². The van der Waals surface area contributed by atoms with Crippen LogP contribution in [0.4, 0.5) is 5.69 Å². The summed E-state index contributed by atoms with van der Waals surface area (Å²) in [5.41, 5.74) is 1.69. The zero-order chi connectivity index (χ0) is 18.5. The third-order valence-electron chi connectivity index (χ3n) is 3.32. The standard InChI is InChI=1S/C15H17NO4.2C2H6/c1-20-15(19)4-2-3-11-5-7-12(8-6-11)16-13(17)9-10-14(16)18;2*1-2/h5-8H,2-4,9-10H2,1H3;2*1-2H3. The van der Waals surface area contributed by atoms with Crippen LogP contribution in [0.2, 0.25) is 0 Å². The van der Waals surface area contributed by atoms with E-state index in [9.17, 15) is 14.4 Å². The van der Waals surface area contributed by atoms with E-state index in [1.54, 1.807) is 12.1 Å². The SMILES string of the molecule is CC.CC.COC(=O)CCCc1ccc(N2C(=O)CCC2=O)cc1. The molecule has 134 valence electrons. The van der Waals surface area contributed by atoms with E-state index in [0.717, 1.165) is 12.0 Å². The van der Waals surface area contributed by atoms with E-state index < -0.39 is 0 Å². The number of aryl methyl sites for hydroxylation is 1. The van der Waals surface area contributed by atoms with Crippen molar-refractivity contribution in [3.05, 3.63) is 29.8 Å². The van der Waals surface area contributed by atoms with Gasteiger partial charge in [-0.15, -0.1) is 0 Å². The summed E-state index contributed by atoms with van der Waals surface area (Å²) < 4.78 is 4.58. The summed E-state index contributed by atoms with van der Waals surface area (Å²) in [5.74, 6) is -0.503. The molecular weight excluding hydrogens is 306 g/mol. The van der Waals surface area contributed by atoms with Gasteiger partial charge in [0.2, 0.25) is 11.8 Å². The minimum atomic E-state index is -0.213. The Labute approximate surface area is 145 Å². The summed E-state index contributed by atoms with van der Waals surface area (Å²) in [6.45, 7) is 8.00. The van der Waals surface area contributed by atoms with Crippen LogP contribution in [0.5, 0.6) is 0 Å². The number of imide groups is 1. The van der Waals surface area contributed by atoms with Crippen LogP contribution in [0.15, 0.2) is 24.3 Å². The topological polar surface area (TPSA) is 63.7 Å². The number of hydrogen-bond donors (Lipinski definition) is 0. The molecule has 1 aromatic carbocycles. The fraction of sp³-hybridized carbons (Fsp3) is 0.526. The molecule has 0 unspecified atom stereocenters. The smallest absolute Gasteiger partial charge is 0.305 e. The van der Waals surface area contributed by atoms with Crippen LogP contribution in [0, 0.1) is 0 Å². The Kier molecular flexibility index (Phi) is 11.2. The van der Waals surface area contributed by atoms with Gasteiger partial charge in [0.1, 0.15) is 0 Å². The number of methoxy groups -OCH3 is 1. The highest BCUT2D eigenvalue weighted by Gasteiger charge is 2.29. The predicted octanol–water partition coefficient (Wildman–Crippen LogP) is 3.89. The van der Waals surface area contributed by atoms with E-state index in [2.05, 4.69) is 4.74 Å². The number of ether oxygens (including phenoxy) is 1. The number of amides is 2. The van der Waals surface area contributed by atoms with Gasteiger partial charge < -0.3 is 4.74 Å². The number of carbonyl (C=O) groups excluding carboxylic acids is 3. The first-order valence-electron chi connectivity index (χ1n) is 8.63. The Morgan fingerprint density at radius 3 is 1.96 bits per heavy atom. The molecule has 5 heteroatoms. The minimum Gasteiger partial charge on any atom is -0.469 e. The van der Waals surface area contributed by atoms with E-state index in [1.807, 2.05) is 39.8 Å². The lowest BCUT2D eigenvalue weighted by Gasteiger charge is -2.14. The minimum absolute atomic E-state index is 0.145. The van der Waals surface area contributed by atoms with E-state index in [4.69, 9.17) is 0 Å². The first-order valence-corrected chi connectivity index (χ1v) is 8.63. The number of benzene rings is 1. The van der Waals surface area contributed by atoms with Crippen molar-refractivity contribution in [1.29, 1.82) is 0 Å². The van der Waals surface area contributed by atoms with Gasteiger partial charge in [0.25, 0.3) is 0 Å². The van der Waals surface area contributed by atoms with E-state index in [1.165, 1.54) is 12.0 Å². The first-order chi connectivity index (χ1) is 11.6. The van der Waals surface area contributed by atoms with Gasteiger partial charge in [-0.1, -0.05) is 39.8 Å². The summed E-state index contributed by atoms with van der Waals surface area (Å²) in [5, 5.41) is 0. The van der Waals surface area contributed by atoms with Gasteiger partial charge in [-0.3, -0.25) is 19.3 Å². The Bertz CT molecular complexity index is 507. The quantitative estimate of drug-likeness (QED) is 0.605. The zero-order valence-electron chi connectivity index (χ0n) is 15.4. The molecular formula is C19H29NO4. The lowest BCUT2D eigenvalue weighted by atomic mass is 10.1. The normalized spacial score (nSPS) is 12.8. The molecule has 1 fully saturated rings. The zero-order valence-corrected chi connectivity index (χ0v) is 15.4. The summed E-state index contributed by atoms with van der Waals surface area (Å²) >= 11 is 0. The molecule has 2 amide bonds. The molecule has 0 spiro atoms. The molecule has 1 aromatic rings. The Hall–Kier alpha value is -2.17. The maximum atomic E-state index is 11.6. The molecule has 0 aliphatic carbocycles. The Morgan fingerprint density at radius 2 is 1.50 bits per heavy atom. The van der Waals surface area contributed by atoms with Gasteiger partial charge in [0, 0.05) is 19.3 Å². The second kappa shape index (κ2) is 12.3. The summed E-state index contributed by atoms with van der Waals surface area (Å²) in [7, 11) is 1.38. The summed E-state index contributed by atoms with van der Waals surface area (Å²) in [6, 6.07) is 7.31. The summed E-state index contributed by atoms with van der Waals surface area (Å²) in [6.07, 6.45) is 2.45. The number of nitrogens with zero attached hydrogens (tertiary/aromatic N) is 1. The summed E-state index contributed by atoms with van der Waals surface area (Å²) in [4.78, 5) is 35.4. The molecule has 1 aliphatic heterocycles. The second-order valence-electron chi connectivity index (χ2n) is 4.72. The first kappa shape index (κ1) is 21.8. The number of rotatable bonds is 5. The van der Waals surface area contributed by atoms with Crippen LogP contribution >= 0.6 is 0 Å². The van der Waals surface area contributed by atoms with Crippen LogP contribution in [-0.4, -0.2) is 24.9 Å². The molecule has 5 nitrogen and oxygen atoms in total. The molecule has 24 heavy (non-hydrogen) atoms. The highest BCUT2D eigenvalue weighted by molar-refractivity contribution is 6.19. The van der Waals surface area contributed by atoms with E-state index in [-0.39, 0.29) is 17.8 Å². The highest BCUT2D eigenvalue weighted by atomic mass is 16.5. The molecule has 1 heterocycles. The van der Waals surface area contributed by atoms with Crippen molar-refractivity contribution < 1.29 is 19.1 Å². The van der Waals surface area contributed by atoms with Crippen molar-refractivity contribution in [3.8, 4) is 0 Å². The van der Waals surface area contributed by atoms with Gasteiger partial charge in [-0.2, -0.15) is 0 Å². The third-order valence-corrected chi connectivity index (χ3v) is 3.32. The molecule has 0 bridgehead atoms. The molecule has 1 aliphatic rings. The molecule has 0 radical (unpaired) electrons. The number of hydrogen-bond acceptors (Lipinski definition) is 4. The number of anilines is 1. The second-order valence-corrected chi connectivity index (χ2v) is 4.72. The van der Waals surface area contributed by atoms with Crippen molar-refractivity contribution >= 4 is 23.5 Å². The number of carbonyl (C=O) groups is 3. The maximum absolute atomic E-state index is 11.6. The van der Waals surface area contributed by atoms with Crippen molar-refractivity contribution in [3.63, 3.8) is 0 Å². The average molecular weight is 335 g/mol. The Balaban J connectivity index is 0.00000123. The molecule has 0 aromatic heterocycles. The molecule has 0 N–H and O–H groups in total. The molecule has 0 saturated carbocycles. The highest BCUT2D eigenvalue weighted by Crippen LogP contribution is 2.23. The largest absolute Gasteiger partial charge is 0.469 e. The Morgan fingerprint density at radius 1 is 1.00 bits per heavy atom. The van der Waals surface area contributed by atoms with Crippen molar-refractivity contribution in [2.75, 3.05) is 12.0 Å². The lowest BCUT2D eigenvalue weighted by molar-refractivity contribution is -0.140. The molecule has 0 atom stereocenters. The van der Waals surface area contributed by atoms with Gasteiger partial charge >= 0.3 is 5.97 Å². The monoisotopic (exact) mass is 335 g/mol.